The number of thiophene rings is 1. The molecule has 2 N–H and O–H groups in total. The molecule has 0 unspecified atom stereocenters. The van der Waals surface area contributed by atoms with Crippen LogP contribution in [0.5, 0.6) is 11.8 Å². The molecular weight excluding hydrogens is 714 g/mol. The molecule has 0 saturated heterocycles. The number of amides is 5. The lowest BCUT2D eigenvalue weighted by atomic mass is 9.93. The third-order valence-electron chi connectivity index (χ3n) is 7.50. The van der Waals surface area contributed by atoms with Gasteiger partial charge in [0, 0.05) is 17.2 Å². The minimum absolute atomic E-state index is 0.0170. The fourth-order valence-electron chi connectivity index (χ4n) is 5.26. The van der Waals surface area contributed by atoms with Crippen molar-refractivity contribution in [2.45, 2.75) is 37.5 Å². The summed E-state index contributed by atoms with van der Waals surface area (Å²) in [4.78, 5) is 74.0. The van der Waals surface area contributed by atoms with Crippen LogP contribution < -0.4 is 29.3 Å². The maximum Gasteiger partial charge on any atom is 0.349 e. The molecular formula is C31H28FN7O10S2. The van der Waals surface area contributed by atoms with Crippen LogP contribution in [-0.2, 0) is 29.1 Å². The van der Waals surface area contributed by atoms with Gasteiger partial charge in [0.25, 0.3) is 27.7 Å². The van der Waals surface area contributed by atoms with Gasteiger partial charge in [0.2, 0.25) is 5.95 Å². The van der Waals surface area contributed by atoms with Gasteiger partial charge in [-0.1, -0.05) is 5.92 Å². The van der Waals surface area contributed by atoms with E-state index in [0.29, 0.717) is 24.0 Å². The van der Waals surface area contributed by atoms with E-state index in [4.69, 9.17) is 15.9 Å². The van der Waals surface area contributed by atoms with Gasteiger partial charge in [-0.15, -0.1) is 17.8 Å². The first kappa shape index (κ1) is 36.3. The molecule has 17 nitrogen and oxygen atoms in total. The molecule has 2 aromatic heterocycles. The SMILES string of the molecule is C#CCN1C(=O)COc2cc(F)c(N3C(=O)C4=C(CCCC4)C3=O)cc21.COC(=O)c1sccc1S(=O)(=O)NC(=O)Nc1nc(C)nc(OC)n1. The molecule has 4 heterocycles. The van der Waals surface area contributed by atoms with Crippen LogP contribution in [0.2, 0.25) is 0 Å². The number of aryl methyl sites for hydroxylation is 1. The third-order valence-corrected chi connectivity index (χ3v) is 9.90. The number of urea groups is 1. The van der Waals surface area contributed by atoms with E-state index < -0.39 is 39.7 Å². The summed E-state index contributed by atoms with van der Waals surface area (Å²) in [5.41, 5.74) is 0.992. The van der Waals surface area contributed by atoms with Gasteiger partial charge in [0.1, 0.15) is 21.3 Å². The van der Waals surface area contributed by atoms with Crippen LogP contribution in [0.15, 0.2) is 39.6 Å². The van der Waals surface area contributed by atoms with Crippen molar-refractivity contribution in [1.29, 1.82) is 0 Å². The van der Waals surface area contributed by atoms with Crippen molar-refractivity contribution >= 4 is 68.4 Å². The monoisotopic (exact) mass is 741 g/mol. The number of imide groups is 1. The molecule has 51 heavy (non-hydrogen) atoms. The van der Waals surface area contributed by atoms with Crippen molar-refractivity contribution in [2.75, 3.05) is 42.5 Å². The zero-order chi connectivity index (χ0) is 37.0. The van der Waals surface area contributed by atoms with Crippen molar-refractivity contribution in [1.82, 2.24) is 19.7 Å². The number of rotatable bonds is 7. The van der Waals surface area contributed by atoms with Gasteiger partial charge in [-0.25, -0.2) is 32.0 Å². The normalized spacial score (nSPS) is 15.2. The number of sulfonamides is 1. The smallest absolute Gasteiger partial charge is 0.349 e. The number of hydrogen-bond donors (Lipinski definition) is 2. The molecule has 5 amide bonds. The summed E-state index contributed by atoms with van der Waals surface area (Å²) in [5.74, 6) is -0.358. The van der Waals surface area contributed by atoms with E-state index in [-0.39, 0.29) is 63.7 Å². The summed E-state index contributed by atoms with van der Waals surface area (Å²) in [6.45, 7) is 1.28. The molecule has 1 aliphatic carbocycles. The largest absolute Gasteiger partial charge is 0.481 e. The van der Waals surface area contributed by atoms with Crippen LogP contribution in [0.3, 0.4) is 0 Å². The maximum atomic E-state index is 14.7. The Labute approximate surface area is 293 Å². The Kier molecular flexibility index (Phi) is 10.6. The fourth-order valence-corrected chi connectivity index (χ4v) is 7.51. The summed E-state index contributed by atoms with van der Waals surface area (Å²) in [6.07, 6.45) is 8.01. The van der Waals surface area contributed by atoms with Crippen molar-refractivity contribution in [3.63, 3.8) is 0 Å². The molecule has 0 radical (unpaired) electrons. The van der Waals surface area contributed by atoms with Crippen molar-refractivity contribution in [3.8, 4) is 24.1 Å². The second-order valence-corrected chi connectivity index (χ2v) is 13.3. The van der Waals surface area contributed by atoms with Gasteiger partial charge < -0.3 is 14.2 Å². The highest BCUT2D eigenvalue weighted by atomic mass is 32.2. The molecule has 3 aliphatic rings. The predicted molar refractivity (Wildman–Crippen MR) is 177 cm³/mol. The summed E-state index contributed by atoms with van der Waals surface area (Å²) < 4.78 is 55.6. The van der Waals surface area contributed by atoms with Crippen LogP contribution in [0.1, 0.15) is 41.2 Å². The average molecular weight is 742 g/mol. The number of esters is 1. The number of carbonyl (C=O) groups excluding carboxylic acids is 5. The molecule has 266 valence electrons. The van der Waals surface area contributed by atoms with Gasteiger partial charge in [0.05, 0.1) is 32.1 Å². The van der Waals surface area contributed by atoms with Crippen LogP contribution in [-0.4, -0.2) is 80.5 Å². The van der Waals surface area contributed by atoms with Gasteiger partial charge in [0.15, 0.2) is 12.4 Å². The first-order valence-corrected chi connectivity index (χ1v) is 17.2. The molecule has 1 aromatic carbocycles. The summed E-state index contributed by atoms with van der Waals surface area (Å²) >= 11 is 0.872. The number of anilines is 3. The Morgan fingerprint density at radius 1 is 1.08 bits per heavy atom. The van der Waals surface area contributed by atoms with Crippen LogP contribution in [0, 0.1) is 25.1 Å². The van der Waals surface area contributed by atoms with E-state index in [9.17, 15) is 36.8 Å². The standard InChI is InChI=1S/C19H15FN2O4.C12H13N5O6S2/c1-2-7-21-15-9-14(13(20)8-16(15)26-10-17(21)23)22-18(24)11-5-3-4-6-12(11)19(22)25;1-6-13-10(16-12(14-6)23-3)15-11(19)17-25(20,21)7-4-5-24-8(7)9(18)22-2/h1,8-9H,3-7,10H2;4-5H,1-3H3,(H2,13,14,15,16,17,19). The van der Waals surface area contributed by atoms with E-state index in [0.717, 1.165) is 42.3 Å². The number of terminal acetylenes is 1. The van der Waals surface area contributed by atoms with E-state index in [1.807, 2.05) is 0 Å². The zero-order valence-corrected chi connectivity index (χ0v) is 28.8. The van der Waals surface area contributed by atoms with Gasteiger partial charge in [-0.05, 0) is 50.1 Å². The average Bonchev–Trinajstić information content (AvgIpc) is 3.69. The number of methoxy groups -OCH3 is 2. The molecule has 20 heteroatoms. The number of ether oxygens (including phenoxy) is 3. The Morgan fingerprint density at radius 3 is 2.39 bits per heavy atom. The second kappa shape index (κ2) is 14.9. The van der Waals surface area contributed by atoms with E-state index in [1.54, 1.807) is 4.72 Å². The van der Waals surface area contributed by atoms with E-state index >= 15 is 0 Å². The van der Waals surface area contributed by atoms with Crippen molar-refractivity contribution in [3.05, 3.63) is 51.2 Å². The zero-order valence-electron chi connectivity index (χ0n) is 27.1. The Balaban J connectivity index is 0.000000198. The third kappa shape index (κ3) is 7.48. The Hall–Kier alpha value is -5.94. The number of carbonyl (C=O) groups is 5. The van der Waals surface area contributed by atoms with E-state index in [2.05, 4.69) is 30.9 Å². The quantitative estimate of drug-likeness (QED) is 0.202. The lowest BCUT2D eigenvalue weighted by Gasteiger charge is -2.29. The fraction of sp³-hybridized carbons (Fsp3) is 0.290. The first-order chi connectivity index (χ1) is 24.3. The summed E-state index contributed by atoms with van der Waals surface area (Å²) in [7, 11) is -1.86. The maximum absolute atomic E-state index is 14.7. The lowest BCUT2D eigenvalue weighted by Crippen LogP contribution is -2.39. The number of halogens is 1. The number of benzene rings is 1. The highest BCUT2D eigenvalue weighted by molar-refractivity contribution is 7.90. The van der Waals surface area contributed by atoms with Gasteiger partial charge in [-0.2, -0.15) is 15.0 Å². The van der Waals surface area contributed by atoms with Gasteiger partial charge in [-0.3, -0.25) is 24.6 Å². The number of hydrogen-bond acceptors (Lipinski definition) is 14. The van der Waals surface area contributed by atoms with Crippen molar-refractivity contribution < 1.29 is 51.0 Å². The summed E-state index contributed by atoms with van der Waals surface area (Å²) in [6, 6.07) is 2.39. The van der Waals surface area contributed by atoms with Crippen LogP contribution in [0.4, 0.5) is 26.5 Å². The van der Waals surface area contributed by atoms with Crippen LogP contribution >= 0.6 is 11.3 Å². The lowest BCUT2D eigenvalue weighted by molar-refractivity contribution is -0.121. The minimum atomic E-state index is -4.30. The van der Waals surface area contributed by atoms with Crippen LogP contribution in [0.25, 0.3) is 0 Å². The molecule has 0 spiro atoms. The molecule has 6 rings (SSSR count). The molecule has 0 fully saturated rings. The van der Waals surface area contributed by atoms with E-state index in [1.165, 1.54) is 36.4 Å². The topological polar surface area (TPSA) is 216 Å². The number of fused-ring (bicyclic) bond motifs is 1. The number of nitrogens with zero attached hydrogens (tertiary/aromatic N) is 5. The predicted octanol–water partition coefficient (Wildman–Crippen LogP) is 2.48. The summed E-state index contributed by atoms with van der Waals surface area (Å²) in [5, 5.41) is 3.54. The number of aromatic nitrogens is 3. The molecule has 3 aromatic rings. The highest BCUT2D eigenvalue weighted by Crippen LogP contribution is 2.41. The van der Waals surface area contributed by atoms with Crippen molar-refractivity contribution in [2.24, 2.45) is 0 Å². The number of nitrogens with one attached hydrogen (secondary N) is 2. The molecule has 0 saturated carbocycles. The Bertz CT molecular complexity index is 2120. The first-order valence-electron chi connectivity index (χ1n) is 14.9. The van der Waals surface area contributed by atoms with Gasteiger partial charge >= 0.3 is 18.0 Å². The Morgan fingerprint density at radius 2 is 1.76 bits per heavy atom. The molecule has 2 aliphatic heterocycles. The second-order valence-electron chi connectivity index (χ2n) is 10.7. The molecule has 0 atom stereocenters. The molecule has 0 bridgehead atoms. The highest BCUT2D eigenvalue weighted by Gasteiger charge is 2.41. The minimum Gasteiger partial charge on any atom is -0.481 e.